The van der Waals surface area contributed by atoms with E-state index in [0.717, 1.165) is 27.7 Å². The van der Waals surface area contributed by atoms with Crippen molar-refractivity contribution < 1.29 is 19.4 Å². The number of carbonyl (C=O) groups is 1. The number of halogens is 1. The van der Waals surface area contributed by atoms with Gasteiger partial charge in [-0.25, -0.2) is 9.82 Å². The van der Waals surface area contributed by atoms with Crippen molar-refractivity contribution in [3.05, 3.63) is 66.1 Å². The van der Waals surface area contributed by atoms with Gasteiger partial charge in [0.1, 0.15) is 5.82 Å². The van der Waals surface area contributed by atoms with Crippen LogP contribution in [0.2, 0.25) is 0 Å². The van der Waals surface area contributed by atoms with Crippen LogP contribution in [0.3, 0.4) is 0 Å². The van der Waals surface area contributed by atoms with Crippen molar-refractivity contribution in [1.29, 1.82) is 0 Å². The van der Waals surface area contributed by atoms with Crippen LogP contribution in [0.5, 0.6) is 0 Å². The minimum Gasteiger partial charge on any atom is -0.392 e. The molecule has 0 radical (unpaired) electrons. The van der Waals surface area contributed by atoms with Gasteiger partial charge in [-0.3, -0.25) is 4.79 Å². The Kier molecular flexibility index (Phi) is 8.04. The second-order valence-corrected chi connectivity index (χ2v) is 8.34. The molecule has 0 aliphatic carbocycles. The zero-order valence-corrected chi connectivity index (χ0v) is 19.1. The highest BCUT2D eigenvalue weighted by Crippen LogP contribution is 2.38. The fraction of sp³-hybridized carbons (Fsp3) is 0.280. The Hall–Kier alpha value is -3.69. The molecule has 3 aromatic rings. The highest BCUT2D eigenvalue weighted by Gasteiger charge is 2.19. The smallest absolute Gasteiger partial charge is 0.242 e. The number of fused-ring (bicyclic) bond motifs is 1. The second kappa shape index (κ2) is 11.0. The van der Waals surface area contributed by atoms with E-state index in [1.807, 2.05) is 24.3 Å². The molecule has 1 aromatic heterocycles. The summed E-state index contributed by atoms with van der Waals surface area (Å²) >= 11 is 0. The van der Waals surface area contributed by atoms with E-state index >= 15 is 0 Å². The Morgan fingerprint density at radius 1 is 1.15 bits per heavy atom. The topological polar surface area (TPSA) is 139 Å². The van der Waals surface area contributed by atoms with Crippen molar-refractivity contribution >= 4 is 28.8 Å². The predicted molar refractivity (Wildman–Crippen MR) is 132 cm³/mol. The van der Waals surface area contributed by atoms with Crippen LogP contribution < -0.4 is 16.9 Å². The first kappa shape index (κ1) is 24.9. The number of hydrazone groups is 1. The number of hydrogen-bond donors (Lipinski definition) is 5. The third-order valence-corrected chi connectivity index (χ3v) is 5.32. The fourth-order valence-corrected chi connectivity index (χ4v) is 3.95. The third-order valence-electron chi connectivity index (χ3n) is 5.32. The maximum atomic E-state index is 13.6. The van der Waals surface area contributed by atoms with E-state index in [9.17, 15) is 19.4 Å². The number of amides is 1. The molecule has 8 nitrogen and oxygen atoms in total. The van der Waals surface area contributed by atoms with Gasteiger partial charge in [-0.15, -0.1) is 5.10 Å². The van der Waals surface area contributed by atoms with Gasteiger partial charge in [-0.2, -0.15) is 0 Å². The van der Waals surface area contributed by atoms with E-state index in [1.54, 1.807) is 24.3 Å². The van der Waals surface area contributed by atoms with Crippen LogP contribution in [-0.4, -0.2) is 38.9 Å². The van der Waals surface area contributed by atoms with E-state index in [-0.39, 0.29) is 30.7 Å². The molecule has 34 heavy (non-hydrogen) atoms. The van der Waals surface area contributed by atoms with Gasteiger partial charge in [0.25, 0.3) is 0 Å². The van der Waals surface area contributed by atoms with Crippen molar-refractivity contribution in [2.24, 2.45) is 16.6 Å². The second-order valence-electron chi connectivity index (χ2n) is 8.34. The standard InChI is InChI=1S/C25H30FN5O3/c1-15(2)31-21-6-4-3-5-20(21)24(16-7-9-17(26)10-8-16)22(31)12-11-18(32)13-19(33)14-23(34)29-30-25(27)28/h3-12,15,18-19,32-33H,13-14H2,1-2H3,(H,29,34)(H4,27,28,30)/t18-,19-/m0/s1. The molecule has 0 bridgehead atoms. The Balaban J connectivity index is 1.90. The molecule has 0 aliphatic heterocycles. The summed E-state index contributed by atoms with van der Waals surface area (Å²) in [5.41, 5.74) is 16.1. The van der Waals surface area contributed by atoms with Gasteiger partial charge in [0.2, 0.25) is 11.9 Å². The molecule has 0 fully saturated rings. The molecule has 1 amide bonds. The van der Waals surface area contributed by atoms with E-state index in [4.69, 9.17) is 11.5 Å². The quantitative estimate of drug-likeness (QED) is 0.187. The maximum Gasteiger partial charge on any atom is 0.242 e. The van der Waals surface area contributed by atoms with Crippen molar-refractivity contribution in [1.82, 2.24) is 9.99 Å². The summed E-state index contributed by atoms with van der Waals surface area (Å²) in [4.78, 5) is 11.7. The monoisotopic (exact) mass is 467 g/mol. The largest absolute Gasteiger partial charge is 0.392 e. The number of guanidine groups is 1. The van der Waals surface area contributed by atoms with Crippen LogP contribution in [0.1, 0.15) is 38.4 Å². The molecule has 2 aromatic carbocycles. The average Bonchev–Trinajstić information content (AvgIpc) is 3.11. The lowest BCUT2D eigenvalue weighted by atomic mass is 10.0. The van der Waals surface area contributed by atoms with Crippen LogP contribution in [-0.2, 0) is 4.79 Å². The van der Waals surface area contributed by atoms with Gasteiger partial charge < -0.3 is 26.2 Å². The first-order valence-corrected chi connectivity index (χ1v) is 11.0. The summed E-state index contributed by atoms with van der Waals surface area (Å²) in [5, 5.41) is 25.1. The van der Waals surface area contributed by atoms with Gasteiger partial charge in [0.05, 0.1) is 18.6 Å². The number of nitrogens with zero attached hydrogens (tertiary/aromatic N) is 2. The number of nitrogens with one attached hydrogen (secondary N) is 1. The summed E-state index contributed by atoms with van der Waals surface area (Å²) in [5.74, 6) is -1.19. The van der Waals surface area contributed by atoms with Gasteiger partial charge >= 0.3 is 0 Å². The first-order valence-electron chi connectivity index (χ1n) is 11.0. The average molecular weight is 468 g/mol. The summed E-state index contributed by atoms with van der Waals surface area (Å²) in [6, 6.07) is 14.4. The number of aliphatic hydroxyl groups is 2. The lowest BCUT2D eigenvalue weighted by molar-refractivity contribution is -0.123. The number of carbonyl (C=O) groups excluding carboxylic acids is 1. The van der Waals surface area contributed by atoms with E-state index in [0.29, 0.717) is 0 Å². The van der Waals surface area contributed by atoms with E-state index in [2.05, 4.69) is 28.9 Å². The van der Waals surface area contributed by atoms with Gasteiger partial charge in [0, 0.05) is 34.6 Å². The number of benzene rings is 2. The molecule has 0 unspecified atom stereocenters. The molecule has 0 spiro atoms. The predicted octanol–water partition coefficient (Wildman–Crippen LogP) is 2.85. The van der Waals surface area contributed by atoms with Crippen molar-refractivity contribution in [3.63, 3.8) is 0 Å². The van der Waals surface area contributed by atoms with Gasteiger partial charge in [0.15, 0.2) is 0 Å². The number of aliphatic hydroxyl groups excluding tert-OH is 2. The molecular formula is C25H30FN5O3. The number of hydrogen-bond acceptors (Lipinski definition) is 4. The Labute approximate surface area is 197 Å². The number of para-hydroxylation sites is 1. The molecular weight excluding hydrogens is 437 g/mol. The van der Waals surface area contributed by atoms with Crippen molar-refractivity contribution in [3.8, 4) is 11.1 Å². The Bertz CT molecular complexity index is 1200. The zero-order chi connectivity index (χ0) is 24.8. The highest BCUT2D eigenvalue weighted by atomic mass is 19.1. The first-order chi connectivity index (χ1) is 16.2. The van der Waals surface area contributed by atoms with Gasteiger partial charge in [-0.05, 0) is 43.7 Å². The molecule has 2 atom stereocenters. The zero-order valence-electron chi connectivity index (χ0n) is 19.1. The highest BCUT2D eigenvalue weighted by molar-refractivity contribution is 6.01. The fourth-order valence-electron chi connectivity index (χ4n) is 3.95. The lowest BCUT2D eigenvalue weighted by Gasteiger charge is -2.15. The molecule has 1 heterocycles. The van der Waals surface area contributed by atoms with Crippen molar-refractivity contribution in [2.45, 2.75) is 44.9 Å². The maximum absolute atomic E-state index is 13.6. The van der Waals surface area contributed by atoms with E-state index < -0.39 is 18.1 Å². The van der Waals surface area contributed by atoms with Crippen LogP contribution in [0.25, 0.3) is 28.1 Å². The molecule has 0 aliphatic rings. The Morgan fingerprint density at radius 3 is 2.47 bits per heavy atom. The normalized spacial score (nSPS) is 13.4. The van der Waals surface area contributed by atoms with Gasteiger partial charge in [-0.1, -0.05) is 36.4 Å². The van der Waals surface area contributed by atoms with Crippen LogP contribution in [0, 0.1) is 5.82 Å². The molecule has 0 saturated heterocycles. The number of aromatic nitrogens is 1. The summed E-state index contributed by atoms with van der Waals surface area (Å²) < 4.78 is 15.7. The molecule has 3 rings (SSSR count). The summed E-state index contributed by atoms with van der Waals surface area (Å²) in [6.07, 6.45) is 0.952. The van der Waals surface area contributed by atoms with Crippen LogP contribution >= 0.6 is 0 Å². The third kappa shape index (κ3) is 6.00. The molecule has 7 N–H and O–H groups in total. The molecule has 9 heteroatoms. The molecule has 180 valence electrons. The van der Waals surface area contributed by atoms with Crippen molar-refractivity contribution in [2.75, 3.05) is 0 Å². The van der Waals surface area contributed by atoms with Crippen LogP contribution in [0.4, 0.5) is 4.39 Å². The number of nitrogens with two attached hydrogens (primary N) is 2. The SMILES string of the molecule is CC(C)n1c(C=C[C@H](O)C[C@H](O)CC(=O)NN=C(N)N)c(-c2ccc(F)cc2)c2ccccc21. The Morgan fingerprint density at radius 2 is 1.82 bits per heavy atom. The molecule has 0 saturated carbocycles. The summed E-state index contributed by atoms with van der Waals surface area (Å²) in [6.45, 7) is 4.13. The summed E-state index contributed by atoms with van der Waals surface area (Å²) in [7, 11) is 0. The number of rotatable bonds is 9. The minimum atomic E-state index is -1.10. The van der Waals surface area contributed by atoms with E-state index in [1.165, 1.54) is 12.1 Å². The lowest BCUT2D eigenvalue weighted by Crippen LogP contribution is -2.31. The van der Waals surface area contributed by atoms with Crippen LogP contribution in [0.15, 0.2) is 59.7 Å². The minimum absolute atomic E-state index is 0.0560.